The highest BCUT2D eigenvalue weighted by molar-refractivity contribution is 5.91. The molecule has 0 bridgehead atoms. The Morgan fingerprint density at radius 2 is 1.57 bits per heavy atom. The van der Waals surface area contributed by atoms with Crippen LogP contribution in [-0.4, -0.2) is 44.4 Å². The summed E-state index contributed by atoms with van der Waals surface area (Å²) in [4.78, 5) is 11.4. The van der Waals surface area contributed by atoms with Gasteiger partial charge in [-0.25, -0.2) is 4.98 Å². The number of ether oxygens (including phenoxy) is 4. The van der Waals surface area contributed by atoms with Crippen LogP contribution in [0, 0.1) is 0 Å². The molecule has 1 aliphatic rings. The van der Waals surface area contributed by atoms with Crippen LogP contribution in [0.25, 0.3) is 10.9 Å². The molecule has 158 valence electrons. The first-order chi connectivity index (χ1) is 14.6. The Hall–Kier alpha value is -3.42. The number of anilines is 2. The molecular formula is C22H26N4O4. The van der Waals surface area contributed by atoms with E-state index in [1.54, 1.807) is 27.4 Å². The third kappa shape index (κ3) is 3.49. The third-order valence-electron chi connectivity index (χ3n) is 5.30. The minimum Gasteiger partial charge on any atom is -0.493 e. The van der Waals surface area contributed by atoms with Crippen molar-refractivity contribution in [1.82, 2.24) is 9.97 Å². The lowest BCUT2D eigenvalue weighted by Crippen LogP contribution is -2.32. The predicted molar refractivity (Wildman–Crippen MR) is 116 cm³/mol. The number of benzene rings is 2. The van der Waals surface area contributed by atoms with Crippen LogP contribution in [0.1, 0.15) is 18.1 Å². The maximum Gasteiger partial charge on any atom is 0.228 e. The van der Waals surface area contributed by atoms with E-state index in [-0.39, 0.29) is 0 Å². The van der Waals surface area contributed by atoms with E-state index in [0.29, 0.717) is 41.9 Å². The normalized spacial score (nSPS) is 13.1. The predicted octanol–water partition coefficient (Wildman–Crippen LogP) is 3.20. The Kier molecular flexibility index (Phi) is 5.39. The van der Waals surface area contributed by atoms with E-state index in [0.717, 1.165) is 29.9 Å². The average Bonchev–Trinajstić information content (AvgIpc) is 2.77. The van der Waals surface area contributed by atoms with Crippen molar-refractivity contribution < 1.29 is 18.9 Å². The standard InChI is InChI=1S/C22H26N4O4/c1-5-30-20-9-14-12-26(7-6-13(14)8-17(20)27-2)22-24-16-11-19(29-4)18(28-3)10-15(16)21(23)25-22/h8-11H,5-7,12H2,1-4H3,(H2,23,24,25). The van der Waals surface area contributed by atoms with Gasteiger partial charge < -0.3 is 29.6 Å². The highest BCUT2D eigenvalue weighted by Crippen LogP contribution is 2.36. The lowest BCUT2D eigenvalue weighted by molar-refractivity contribution is 0.310. The number of fused-ring (bicyclic) bond motifs is 2. The quantitative estimate of drug-likeness (QED) is 0.662. The Labute approximate surface area is 175 Å². The lowest BCUT2D eigenvalue weighted by atomic mass is 9.99. The number of hydrogen-bond acceptors (Lipinski definition) is 8. The smallest absolute Gasteiger partial charge is 0.228 e. The SMILES string of the molecule is CCOc1cc2c(cc1OC)CCN(c1nc(N)c3cc(OC)c(OC)cc3n1)C2. The Balaban J connectivity index is 1.71. The van der Waals surface area contributed by atoms with E-state index in [4.69, 9.17) is 29.7 Å². The molecule has 0 unspecified atom stereocenters. The van der Waals surface area contributed by atoms with Gasteiger partial charge in [0.1, 0.15) is 5.82 Å². The fourth-order valence-corrected chi connectivity index (χ4v) is 3.77. The van der Waals surface area contributed by atoms with Crippen molar-refractivity contribution in [3.8, 4) is 23.0 Å². The van der Waals surface area contributed by atoms with Gasteiger partial charge in [-0.1, -0.05) is 0 Å². The molecule has 30 heavy (non-hydrogen) atoms. The molecule has 2 heterocycles. The highest BCUT2D eigenvalue weighted by Gasteiger charge is 2.22. The van der Waals surface area contributed by atoms with Crippen molar-refractivity contribution in [3.05, 3.63) is 35.4 Å². The first kappa shape index (κ1) is 19.9. The summed E-state index contributed by atoms with van der Waals surface area (Å²) >= 11 is 0. The molecule has 8 nitrogen and oxygen atoms in total. The van der Waals surface area contributed by atoms with Gasteiger partial charge in [0, 0.05) is 24.5 Å². The number of nitrogens with zero attached hydrogens (tertiary/aromatic N) is 3. The van der Waals surface area contributed by atoms with Crippen LogP contribution in [0.2, 0.25) is 0 Å². The second-order valence-corrected chi connectivity index (χ2v) is 7.01. The van der Waals surface area contributed by atoms with Gasteiger partial charge in [0.15, 0.2) is 23.0 Å². The number of rotatable bonds is 6. The summed E-state index contributed by atoms with van der Waals surface area (Å²) in [7, 11) is 4.85. The molecule has 3 aromatic rings. The fraction of sp³-hybridized carbons (Fsp3) is 0.364. The minimum atomic E-state index is 0.409. The summed E-state index contributed by atoms with van der Waals surface area (Å²) in [5.41, 5.74) is 9.39. The van der Waals surface area contributed by atoms with Crippen molar-refractivity contribution in [1.29, 1.82) is 0 Å². The molecule has 0 spiro atoms. The van der Waals surface area contributed by atoms with E-state index in [2.05, 4.69) is 16.0 Å². The molecule has 1 aromatic heterocycles. The van der Waals surface area contributed by atoms with Crippen LogP contribution < -0.4 is 29.6 Å². The number of aromatic nitrogens is 2. The van der Waals surface area contributed by atoms with Crippen LogP contribution >= 0.6 is 0 Å². The second-order valence-electron chi connectivity index (χ2n) is 7.01. The maximum absolute atomic E-state index is 6.26. The summed E-state index contributed by atoms with van der Waals surface area (Å²) in [5.74, 6) is 3.70. The molecule has 2 N–H and O–H groups in total. The molecule has 0 amide bonds. The van der Waals surface area contributed by atoms with Crippen LogP contribution in [0.4, 0.5) is 11.8 Å². The summed E-state index contributed by atoms with van der Waals surface area (Å²) in [6.45, 7) is 3.98. The van der Waals surface area contributed by atoms with Crippen LogP contribution in [0.3, 0.4) is 0 Å². The summed E-state index contributed by atoms with van der Waals surface area (Å²) < 4.78 is 22.0. The molecular weight excluding hydrogens is 384 g/mol. The molecule has 0 radical (unpaired) electrons. The number of methoxy groups -OCH3 is 3. The highest BCUT2D eigenvalue weighted by atomic mass is 16.5. The van der Waals surface area contributed by atoms with Crippen LogP contribution in [-0.2, 0) is 13.0 Å². The molecule has 4 rings (SSSR count). The first-order valence-corrected chi connectivity index (χ1v) is 9.84. The molecule has 0 atom stereocenters. The van der Waals surface area contributed by atoms with Gasteiger partial charge >= 0.3 is 0 Å². The Bertz CT molecular complexity index is 1090. The van der Waals surface area contributed by atoms with Crippen LogP contribution in [0.15, 0.2) is 24.3 Å². The van der Waals surface area contributed by atoms with Crippen molar-refractivity contribution in [3.63, 3.8) is 0 Å². The number of hydrogen-bond donors (Lipinski definition) is 1. The molecule has 1 aliphatic heterocycles. The van der Waals surface area contributed by atoms with E-state index < -0.39 is 0 Å². The Morgan fingerprint density at radius 1 is 0.900 bits per heavy atom. The van der Waals surface area contributed by atoms with Crippen molar-refractivity contribution >= 4 is 22.7 Å². The van der Waals surface area contributed by atoms with Crippen molar-refractivity contribution in [2.75, 3.05) is 45.1 Å². The molecule has 0 aliphatic carbocycles. The average molecular weight is 410 g/mol. The topological polar surface area (TPSA) is 92.0 Å². The zero-order chi connectivity index (χ0) is 21.3. The molecule has 2 aromatic carbocycles. The number of nitrogen functional groups attached to an aromatic ring is 1. The van der Waals surface area contributed by atoms with E-state index in [9.17, 15) is 0 Å². The first-order valence-electron chi connectivity index (χ1n) is 9.84. The summed E-state index contributed by atoms with van der Waals surface area (Å²) in [6, 6.07) is 7.73. The minimum absolute atomic E-state index is 0.409. The molecule has 8 heteroatoms. The van der Waals surface area contributed by atoms with Gasteiger partial charge in [-0.15, -0.1) is 0 Å². The third-order valence-corrected chi connectivity index (χ3v) is 5.30. The van der Waals surface area contributed by atoms with E-state index in [1.807, 2.05) is 19.1 Å². The summed E-state index contributed by atoms with van der Waals surface area (Å²) in [5, 5.41) is 0.733. The zero-order valence-corrected chi connectivity index (χ0v) is 17.7. The van der Waals surface area contributed by atoms with Gasteiger partial charge in [-0.05, 0) is 42.7 Å². The van der Waals surface area contributed by atoms with E-state index >= 15 is 0 Å². The van der Waals surface area contributed by atoms with E-state index in [1.165, 1.54) is 11.1 Å². The monoisotopic (exact) mass is 410 g/mol. The van der Waals surface area contributed by atoms with Gasteiger partial charge in [0.25, 0.3) is 0 Å². The molecule has 0 saturated carbocycles. The second kappa shape index (κ2) is 8.14. The summed E-state index contributed by atoms with van der Waals surface area (Å²) in [6.07, 6.45) is 0.853. The van der Waals surface area contributed by atoms with Gasteiger partial charge in [0.2, 0.25) is 5.95 Å². The lowest BCUT2D eigenvalue weighted by Gasteiger charge is -2.30. The zero-order valence-electron chi connectivity index (χ0n) is 17.7. The van der Waals surface area contributed by atoms with Crippen LogP contribution in [0.5, 0.6) is 23.0 Å². The van der Waals surface area contributed by atoms with Crippen molar-refractivity contribution in [2.45, 2.75) is 19.9 Å². The number of nitrogens with two attached hydrogens (primary N) is 1. The van der Waals surface area contributed by atoms with Crippen molar-refractivity contribution in [2.24, 2.45) is 0 Å². The van der Waals surface area contributed by atoms with Gasteiger partial charge in [-0.2, -0.15) is 4.98 Å². The van der Waals surface area contributed by atoms with Gasteiger partial charge in [0.05, 0.1) is 33.5 Å². The van der Waals surface area contributed by atoms with Gasteiger partial charge in [-0.3, -0.25) is 0 Å². The Morgan fingerprint density at radius 3 is 2.27 bits per heavy atom. The molecule has 0 fully saturated rings. The largest absolute Gasteiger partial charge is 0.493 e. The molecule has 0 saturated heterocycles. The fourth-order valence-electron chi connectivity index (χ4n) is 3.77. The maximum atomic E-state index is 6.26.